The summed E-state index contributed by atoms with van der Waals surface area (Å²) in [5.41, 5.74) is 3.54. The molecule has 3 heterocycles. The minimum atomic E-state index is -0.831. The molecule has 0 spiro atoms. The lowest BCUT2D eigenvalue weighted by molar-refractivity contribution is -0.142. The topological polar surface area (TPSA) is 104 Å². The van der Waals surface area contributed by atoms with Gasteiger partial charge in [-0.2, -0.15) is 0 Å². The van der Waals surface area contributed by atoms with Crippen LogP contribution >= 0.6 is 0 Å². The molecule has 0 unspecified atom stereocenters. The van der Waals surface area contributed by atoms with Gasteiger partial charge in [0.1, 0.15) is 6.54 Å². The number of imide groups is 1. The van der Waals surface area contributed by atoms with Crippen molar-refractivity contribution in [2.24, 2.45) is 0 Å². The second kappa shape index (κ2) is 8.75. The maximum atomic E-state index is 12.8. The molecule has 35 heavy (non-hydrogen) atoms. The number of carbonyl (C=O) groups excluding carboxylic acids is 4. The second-order valence-electron chi connectivity index (χ2n) is 8.38. The summed E-state index contributed by atoms with van der Waals surface area (Å²) in [4.78, 5) is 50.8. The number of rotatable bonds is 7. The molecule has 9 nitrogen and oxygen atoms in total. The van der Waals surface area contributed by atoms with Gasteiger partial charge in [-0.05, 0) is 49.7 Å². The molecule has 0 fully saturated rings. The van der Waals surface area contributed by atoms with Gasteiger partial charge in [-0.1, -0.05) is 18.2 Å². The monoisotopic (exact) mass is 474 g/mol. The van der Waals surface area contributed by atoms with Crippen LogP contribution in [0.2, 0.25) is 0 Å². The fourth-order valence-electron chi connectivity index (χ4n) is 4.33. The van der Waals surface area contributed by atoms with Crippen LogP contribution in [0.4, 0.5) is 0 Å². The van der Waals surface area contributed by atoms with E-state index in [0.717, 1.165) is 21.9 Å². The third kappa shape index (κ3) is 4.05. The predicted molar refractivity (Wildman–Crippen MR) is 123 cm³/mol. The summed E-state index contributed by atoms with van der Waals surface area (Å²) in [6.07, 6.45) is 0. The van der Waals surface area contributed by atoms with Crippen LogP contribution < -0.4 is 9.47 Å². The van der Waals surface area contributed by atoms with Gasteiger partial charge in [0.2, 0.25) is 12.6 Å². The maximum Gasteiger partial charge on any atom is 0.326 e. The van der Waals surface area contributed by atoms with E-state index < -0.39 is 30.9 Å². The van der Waals surface area contributed by atoms with E-state index in [-0.39, 0.29) is 23.7 Å². The largest absolute Gasteiger partial charge is 0.456 e. The van der Waals surface area contributed by atoms with Crippen molar-refractivity contribution in [1.82, 2.24) is 9.47 Å². The molecule has 1 aromatic heterocycles. The summed E-state index contributed by atoms with van der Waals surface area (Å²) in [6.45, 7) is 3.41. The average Bonchev–Trinajstić information content (AvgIpc) is 3.50. The number of nitrogens with zero attached hydrogens (tertiary/aromatic N) is 2. The highest BCUT2D eigenvalue weighted by atomic mass is 16.7. The molecule has 0 atom stereocenters. The predicted octanol–water partition coefficient (Wildman–Crippen LogP) is 2.90. The van der Waals surface area contributed by atoms with Crippen molar-refractivity contribution < 1.29 is 33.4 Å². The second-order valence-corrected chi connectivity index (χ2v) is 8.38. The summed E-state index contributed by atoms with van der Waals surface area (Å²) in [6, 6.07) is 13.8. The Morgan fingerprint density at radius 1 is 0.943 bits per heavy atom. The van der Waals surface area contributed by atoms with E-state index >= 15 is 0 Å². The van der Waals surface area contributed by atoms with E-state index in [1.54, 1.807) is 18.2 Å². The summed E-state index contributed by atoms with van der Waals surface area (Å²) >= 11 is 0. The van der Waals surface area contributed by atoms with E-state index in [4.69, 9.17) is 14.2 Å². The van der Waals surface area contributed by atoms with Crippen LogP contribution in [0.3, 0.4) is 0 Å². The number of carbonyl (C=O) groups is 4. The van der Waals surface area contributed by atoms with Crippen LogP contribution in [-0.4, -0.2) is 53.0 Å². The van der Waals surface area contributed by atoms with Crippen molar-refractivity contribution in [2.75, 3.05) is 19.9 Å². The number of Topliss-reactive ketones (excluding diaryl/α,β-unsaturated/α-hetero) is 1. The molecule has 0 bridgehead atoms. The molecular weight excluding hydrogens is 452 g/mol. The first kappa shape index (κ1) is 22.4. The zero-order valence-electron chi connectivity index (χ0n) is 19.2. The lowest BCUT2D eigenvalue weighted by Crippen LogP contribution is -2.36. The van der Waals surface area contributed by atoms with Crippen LogP contribution in [0, 0.1) is 13.8 Å². The van der Waals surface area contributed by atoms with Crippen molar-refractivity contribution in [3.63, 3.8) is 0 Å². The number of ether oxygens (including phenoxy) is 3. The smallest absolute Gasteiger partial charge is 0.326 e. The van der Waals surface area contributed by atoms with Gasteiger partial charge < -0.3 is 18.8 Å². The zero-order valence-corrected chi connectivity index (χ0v) is 19.2. The van der Waals surface area contributed by atoms with E-state index in [9.17, 15) is 19.2 Å². The molecule has 0 saturated heterocycles. The Morgan fingerprint density at radius 2 is 1.63 bits per heavy atom. The number of ketones is 1. The highest BCUT2D eigenvalue weighted by Gasteiger charge is 2.36. The Hall–Kier alpha value is -4.40. The highest BCUT2D eigenvalue weighted by molar-refractivity contribution is 6.22. The summed E-state index contributed by atoms with van der Waals surface area (Å²) in [5.74, 6) is -0.922. The first-order valence-electron chi connectivity index (χ1n) is 11.0. The van der Waals surface area contributed by atoms with Crippen molar-refractivity contribution in [3.8, 4) is 11.5 Å². The van der Waals surface area contributed by atoms with Crippen LogP contribution in [0.25, 0.3) is 0 Å². The van der Waals surface area contributed by atoms with Gasteiger partial charge in [0, 0.05) is 23.5 Å². The van der Waals surface area contributed by atoms with Gasteiger partial charge in [0.05, 0.1) is 11.1 Å². The molecule has 2 aliphatic rings. The summed E-state index contributed by atoms with van der Waals surface area (Å²) in [7, 11) is 0. The molecule has 9 heteroatoms. The normalized spacial score (nSPS) is 13.8. The molecule has 178 valence electrons. The number of fused-ring (bicyclic) bond motifs is 2. The first-order valence-corrected chi connectivity index (χ1v) is 11.0. The van der Waals surface area contributed by atoms with Gasteiger partial charge in [-0.15, -0.1) is 0 Å². The van der Waals surface area contributed by atoms with E-state index in [1.807, 2.05) is 36.6 Å². The Balaban J connectivity index is 1.22. The van der Waals surface area contributed by atoms with Crippen molar-refractivity contribution >= 4 is 23.6 Å². The molecule has 2 aromatic carbocycles. The average molecular weight is 474 g/mol. The van der Waals surface area contributed by atoms with Gasteiger partial charge in [0.15, 0.2) is 18.1 Å². The van der Waals surface area contributed by atoms with E-state index in [0.29, 0.717) is 23.6 Å². The number of benzene rings is 2. The quantitative estimate of drug-likeness (QED) is 0.295. The Labute approximate surface area is 200 Å². The van der Waals surface area contributed by atoms with Crippen LogP contribution in [0.1, 0.15) is 48.0 Å². The number of amides is 2. The maximum absolute atomic E-state index is 12.8. The molecule has 0 aliphatic carbocycles. The van der Waals surface area contributed by atoms with Gasteiger partial charge in [-0.25, -0.2) is 0 Å². The molecule has 2 amide bonds. The summed E-state index contributed by atoms with van der Waals surface area (Å²) in [5, 5.41) is 0. The van der Waals surface area contributed by atoms with Crippen molar-refractivity contribution in [3.05, 3.63) is 82.2 Å². The number of aryl methyl sites for hydroxylation is 1. The Morgan fingerprint density at radius 3 is 2.34 bits per heavy atom. The van der Waals surface area contributed by atoms with Crippen LogP contribution in [-0.2, 0) is 16.1 Å². The first-order chi connectivity index (χ1) is 16.8. The van der Waals surface area contributed by atoms with Gasteiger partial charge in [0.25, 0.3) is 11.8 Å². The lowest BCUT2D eigenvalue weighted by Gasteiger charge is -2.13. The number of hydrogen-bond donors (Lipinski definition) is 0. The minimum absolute atomic E-state index is 0.199. The zero-order chi connectivity index (χ0) is 24.7. The molecule has 2 aliphatic heterocycles. The van der Waals surface area contributed by atoms with Crippen LogP contribution in [0.5, 0.6) is 11.5 Å². The van der Waals surface area contributed by atoms with E-state index in [1.165, 1.54) is 12.1 Å². The third-order valence-electron chi connectivity index (χ3n) is 6.18. The standard InChI is InChI=1S/C26H22N2O7/c1-15-9-20(16(2)27(15)11-17-7-8-22-23(10-17)35-14-34-22)21(29)13-33-24(30)12-28-25(31)18-5-3-4-6-19(18)26(28)32/h3-10H,11-14H2,1-2H3. The molecule has 0 radical (unpaired) electrons. The van der Waals surface area contributed by atoms with Crippen molar-refractivity contribution in [1.29, 1.82) is 0 Å². The van der Waals surface area contributed by atoms with E-state index in [2.05, 4.69) is 0 Å². The van der Waals surface area contributed by atoms with Crippen LogP contribution in [0.15, 0.2) is 48.5 Å². The number of hydrogen-bond acceptors (Lipinski definition) is 7. The molecule has 3 aromatic rings. The lowest BCUT2D eigenvalue weighted by atomic mass is 10.1. The Kier molecular flexibility index (Phi) is 5.60. The fraction of sp³-hybridized carbons (Fsp3) is 0.231. The Bertz CT molecular complexity index is 1350. The third-order valence-corrected chi connectivity index (χ3v) is 6.18. The number of esters is 1. The molecular formula is C26H22N2O7. The summed E-state index contributed by atoms with van der Waals surface area (Å²) < 4.78 is 17.9. The van der Waals surface area contributed by atoms with Crippen molar-refractivity contribution in [2.45, 2.75) is 20.4 Å². The number of aromatic nitrogens is 1. The molecule has 5 rings (SSSR count). The van der Waals surface area contributed by atoms with Gasteiger partial charge >= 0.3 is 5.97 Å². The SMILES string of the molecule is Cc1cc(C(=O)COC(=O)CN2C(=O)c3ccccc3C2=O)c(C)n1Cc1ccc2c(c1)OCO2. The molecule has 0 N–H and O–H groups in total. The van der Waals surface area contributed by atoms with Gasteiger partial charge in [-0.3, -0.25) is 24.1 Å². The molecule has 0 saturated carbocycles. The fourth-order valence-corrected chi connectivity index (χ4v) is 4.33. The highest BCUT2D eigenvalue weighted by Crippen LogP contribution is 2.33. The minimum Gasteiger partial charge on any atom is -0.456 e.